The van der Waals surface area contributed by atoms with Crippen molar-refractivity contribution >= 4 is 21.6 Å². The van der Waals surface area contributed by atoms with Gasteiger partial charge in [-0.3, -0.25) is 9.10 Å². The molecule has 1 unspecified atom stereocenters. The lowest BCUT2D eigenvalue weighted by atomic mass is 10.1. The zero-order valence-corrected chi connectivity index (χ0v) is 19.0. The highest BCUT2D eigenvalue weighted by Crippen LogP contribution is 2.22. The molecular weight excluding hydrogens is 404 g/mol. The van der Waals surface area contributed by atoms with E-state index < -0.39 is 16.1 Å². The van der Waals surface area contributed by atoms with E-state index in [1.54, 1.807) is 24.3 Å². The Hall–Kier alpha value is -2.74. The topological polar surface area (TPSA) is 84.9 Å². The third-order valence-corrected chi connectivity index (χ3v) is 6.06. The van der Waals surface area contributed by atoms with Gasteiger partial charge in [0.25, 0.3) is 5.91 Å². The molecule has 2 aromatic carbocycles. The second kappa shape index (κ2) is 10.3. The summed E-state index contributed by atoms with van der Waals surface area (Å²) < 4.78 is 35.9. The lowest BCUT2D eigenvalue weighted by molar-refractivity contribution is -0.128. The Morgan fingerprint density at radius 2 is 1.80 bits per heavy atom. The molecule has 0 spiro atoms. The SMILES string of the molecule is CCC(Oc1ccc(N(C)S(C)(=O)=O)cc1)C(=O)NCCOc1cccc(C)c1C. The lowest BCUT2D eigenvalue weighted by Crippen LogP contribution is -2.39. The minimum Gasteiger partial charge on any atom is -0.491 e. The number of carbonyl (C=O) groups excluding carboxylic acids is 1. The van der Waals surface area contributed by atoms with Gasteiger partial charge in [-0.2, -0.15) is 0 Å². The summed E-state index contributed by atoms with van der Waals surface area (Å²) in [5, 5.41) is 2.83. The molecule has 30 heavy (non-hydrogen) atoms. The van der Waals surface area contributed by atoms with Gasteiger partial charge in [0.15, 0.2) is 6.10 Å². The van der Waals surface area contributed by atoms with Gasteiger partial charge < -0.3 is 14.8 Å². The predicted molar refractivity (Wildman–Crippen MR) is 119 cm³/mol. The molecule has 2 aromatic rings. The lowest BCUT2D eigenvalue weighted by Gasteiger charge is -2.19. The fourth-order valence-corrected chi connectivity index (χ4v) is 3.25. The van der Waals surface area contributed by atoms with Crippen molar-refractivity contribution < 1.29 is 22.7 Å². The standard InChI is InChI=1S/C22H30N2O5S/c1-6-20(29-19-12-10-18(11-13-19)24(4)30(5,26)27)22(25)23-14-15-28-21-9-7-8-16(2)17(21)3/h7-13,20H,6,14-15H2,1-5H3,(H,23,25). The Labute approximate surface area is 179 Å². The van der Waals surface area contributed by atoms with Crippen molar-refractivity contribution in [3.63, 3.8) is 0 Å². The number of amides is 1. The number of carbonyl (C=O) groups is 1. The molecule has 1 amide bonds. The second-order valence-corrected chi connectivity index (χ2v) is 9.09. The molecule has 0 saturated carbocycles. The van der Waals surface area contributed by atoms with Crippen molar-refractivity contribution in [2.24, 2.45) is 0 Å². The number of sulfonamides is 1. The van der Waals surface area contributed by atoms with Crippen molar-refractivity contribution in [1.82, 2.24) is 5.32 Å². The van der Waals surface area contributed by atoms with Crippen LogP contribution in [0, 0.1) is 13.8 Å². The van der Waals surface area contributed by atoms with Gasteiger partial charge in [-0.1, -0.05) is 19.1 Å². The Kier molecular flexibility index (Phi) is 8.11. The zero-order chi connectivity index (χ0) is 22.3. The van der Waals surface area contributed by atoms with E-state index in [-0.39, 0.29) is 5.91 Å². The molecule has 0 bridgehead atoms. The highest BCUT2D eigenvalue weighted by atomic mass is 32.2. The molecule has 0 heterocycles. The zero-order valence-electron chi connectivity index (χ0n) is 18.1. The second-order valence-electron chi connectivity index (χ2n) is 7.08. The summed E-state index contributed by atoms with van der Waals surface area (Å²) in [7, 11) is -1.85. The van der Waals surface area contributed by atoms with Crippen LogP contribution in [0.5, 0.6) is 11.5 Å². The third-order valence-electron chi connectivity index (χ3n) is 4.85. The summed E-state index contributed by atoms with van der Waals surface area (Å²) in [5.41, 5.74) is 2.76. The molecule has 7 nitrogen and oxygen atoms in total. The Bertz CT molecular complexity index is 958. The average molecular weight is 435 g/mol. The van der Waals surface area contributed by atoms with Gasteiger partial charge in [0, 0.05) is 7.05 Å². The van der Waals surface area contributed by atoms with Crippen LogP contribution >= 0.6 is 0 Å². The van der Waals surface area contributed by atoms with Crippen molar-refractivity contribution in [3.05, 3.63) is 53.6 Å². The van der Waals surface area contributed by atoms with Crippen LogP contribution < -0.4 is 19.1 Å². The molecule has 0 aromatic heterocycles. The van der Waals surface area contributed by atoms with Crippen molar-refractivity contribution in [2.45, 2.75) is 33.3 Å². The highest BCUT2D eigenvalue weighted by Gasteiger charge is 2.18. The van der Waals surface area contributed by atoms with Crippen molar-refractivity contribution in [1.29, 1.82) is 0 Å². The first kappa shape index (κ1) is 23.5. The molecule has 1 N–H and O–H groups in total. The maximum Gasteiger partial charge on any atom is 0.261 e. The molecule has 0 aliphatic heterocycles. The summed E-state index contributed by atoms with van der Waals surface area (Å²) in [4.78, 5) is 12.4. The van der Waals surface area contributed by atoms with Crippen LogP contribution in [0.4, 0.5) is 5.69 Å². The quantitative estimate of drug-likeness (QED) is 0.581. The molecule has 2 rings (SSSR count). The Balaban J connectivity index is 1.86. The van der Waals surface area contributed by atoms with E-state index in [2.05, 4.69) is 5.32 Å². The number of anilines is 1. The molecule has 1 atom stereocenters. The predicted octanol–water partition coefficient (Wildman–Crippen LogP) is 3.05. The van der Waals surface area contributed by atoms with Crippen molar-refractivity contribution in [3.8, 4) is 11.5 Å². The first-order chi connectivity index (χ1) is 14.1. The number of hydrogen-bond acceptors (Lipinski definition) is 5. The van der Waals surface area contributed by atoms with Gasteiger partial charge in [0.1, 0.15) is 18.1 Å². The van der Waals surface area contributed by atoms with E-state index in [0.29, 0.717) is 31.0 Å². The van der Waals surface area contributed by atoms with Gasteiger partial charge >= 0.3 is 0 Å². The molecular formula is C22H30N2O5S. The van der Waals surface area contributed by atoms with Crippen molar-refractivity contribution in [2.75, 3.05) is 30.8 Å². The van der Waals surface area contributed by atoms with E-state index >= 15 is 0 Å². The van der Waals surface area contributed by atoms with Gasteiger partial charge in [-0.25, -0.2) is 8.42 Å². The monoisotopic (exact) mass is 434 g/mol. The summed E-state index contributed by atoms with van der Waals surface area (Å²) >= 11 is 0. The third kappa shape index (κ3) is 6.38. The van der Waals surface area contributed by atoms with Gasteiger partial charge in [0.05, 0.1) is 18.5 Å². The molecule has 0 radical (unpaired) electrons. The minimum absolute atomic E-state index is 0.223. The fourth-order valence-electron chi connectivity index (χ4n) is 2.74. The molecule has 164 valence electrons. The number of rotatable bonds is 10. The summed E-state index contributed by atoms with van der Waals surface area (Å²) in [6, 6.07) is 12.5. The molecule has 0 saturated heterocycles. The normalized spacial score (nSPS) is 12.2. The maximum absolute atomic E-state index is 12.4. The number of aryl methyl sites for hydroxylation is 1. The fraction of sp³-hybridized carbons (Fsp3) is 0.409. The van der Waals surface area contributed by atoms with Crippen LogP contribution in [0.15, 0.2) is 42.5 Å². The number of ether oxygens (including phenoxy) is 2. The summed E-state index contributed by atoms with van der Waals surface area (Å²) in [6.07, 6.45) is 0.984. The van der Waals surface area contributed by atoms with Crippen LogP contribution in [0.1, 0.15) is 24.5 Å². The number of benzene rings is 2. The molecule has 0 aliphatic rings. The van der Waals surface area contributed by atoms with Crippen LogP contribution in [0.25, 0.3) is 0 Å². The first-order valence-electron chi connectivity index (χ1n) is 9.80. The average Bonchev–Trinajstić information content (AvgIpc) is 2.71. The highest BCUT2D eigenvalue weighted by molar-refractivity contribution is 7.92. The molecule has 0 aliphatic carbocycles. The van der Waals surface area contributed by atoms with E-state index in [1.165, 1.54) is 11.4 Å². The summed E-state index contributed by atoms with van der Waals surface area (Å²) in [6.45, 7) is 6.62. The largest absolute Gasteiger partial charge is 0.491 e. The summed E-state index contributed by atoms with van der Waals surface area (Å²) in [5.74, 6) is 1.08. The van der Waals surface area contributed by atoms with Gasteiger partial charge in [-0.15, -0.1) is 0 Å². The van der Waals surface area contributed by atoms with Gasteiger partial charge in [0.2, 0.25) is 10.0 Å². The minimum atomic E-state index is -3.33. The van der Waals surface area contributed by atoms with Gasteiger partial charge in [-0.05, 0) is 61.7 Å². The van der Waals surface area contributed by atoms with Crippen LogP contribution in [0.3, 0.4) is 0 Å². The number of nitrogens with zero attached hydrogens (tertiary/aromatic N) is 1. The smallest absolute Gasteiger partial charge is 0.261 e. The number of nitrogens with one attached hydrogen (secondary N) is 1. The first-order valence-corrected chi connectivity index (χ1v) is 11.7. The van der Waals surface area contributed by atoms with E-state index in [4.69, 9.17) is 9.47 Å². The number of hydrogen-bond donors (Lipinski definition) is 1. The van der Waals surface area contributed by atoms with Crippen LogP contribution in [0.2, 0.25) is 0 Å². The van der Waals surface area contributed by atoms with E-state index in [9.17, 15) is 13.2 Å². The molecule has 0 fully saturated rings. The van der Waals surface area contributed by atoms with Crippen LogP contribution in [-0.2, 0) is 14.8 Å². The Morgan fingerprint density at radius 1 is 1.13 bits per heavy atom. The molecule has 8 heteroatoms. The Morgan fingerprint density at radius 3 is 2.40 bits per heavy atom. The van der Waals surface area contributed by atoms with E-state index in [0.717, 1.165) is 23.1 Å². The maximum atomic E-state index is 12.4. The van der Waals surface area contributed by atoms with E-state index in [1.807, 2.05) is 39.0 Å². The van der Waals surface area contributed by atoms with Crippen LogP contribution in [-0.4, -0.2) is 46.9 Å².